The second-order valence-corrected chi connectivity index (χ2v) is 13.0. The Morgan fingerprint density at radius 3 is 2.35 bits per heavy atom. The maximum Gasteiger partial charge on any atom is -0.00546 e. The molecule has 0 amide bonds. The predicted octanol–water partition coefficient (Wildman–Crippen LogP) is 10.1. The number of hydrogen-bond acceptors (Lipinski definition) is 1. The lowest BCUT2D eigenvalue weighted by Gasteiger charge is -2.55. The first kappa shape index (κ1) is 29.9. The topological polar surface area (TPSA) is 12.0 Å². The van der Waals surface area contributed by atoms with Gasteiger partial charge in [0.1, 0.15) is 0 Å². The Hall–Kier alpha value is -0.300. The van der Waals surface area contributed by atoms with Gasteiger partial charge in [-0.1, -0.05) is 92.7 Å². The van der Waals surface area contributed by atoms with Gasteiger partial charge in [0.05, 0.1) is 0 Å². The van der Waals surface area contributed by atoms with Gasteiger partial charge in [0.15, 0.2) is 0 Å². The van der Waals surface area contributed by atoms with E-state index in [0.29, 0.717) is 10.8 Å². The lowest BCUT2D eigenvalue weighted by atomic mass is 9.49. The fourth-order valence-electron chi connectivity index (χ4n) is 8.80. The number of nitrogens with one attached hydrogen (secondary N) is 1. The highest BCUT2D eigenvalue weighted by Crippen LogP contribution is 2.68. The number of rotatable bonds is 8. The van der Waals surface area contributed by atoms with Gasteiger partial charge in [-0.2, -0.15) is 0 Å². The molecule has 1 nitrogen and oxygen atoms in total. The number of hydrogen-bond donors (Lipinski definition) is 1. The minimum atomic E-state index is 0.570. The minimum absolute atomic E-state index is 0.570. The van der Waals surface area contributed by atoms with Gasteiger partial charge in [0, 0.05) is 0 Å². The van der Waals surface area contributed by atoms with Crippen molar-refractivity contribution in [1.82, 2.24) is 5.32 Å². The van der Waals surface area contributed by atoms with Crippen molar-refractivity contribution in [2.75, 3.05) is 13.6 Å². The lowest BCUT2D eigenvalue weighted by Crippen LogP contribution is -2.47. The van der Waals surface area contributed by atoms with Crippen LogP contribution in [0.2, 0.25) is 0 Å². The molecule has 0 radical (unpaired) electrons. The van der Waals surface area contributed by atoms with Crippen molar-refractivity contribution in [2.24, 2.45) is 46.3 Å². The Balaban J connectivity index is 0.000000520. The van der Waals surface area contributed by atoms with Crippen LogP contribution in [0.25, 0.3) is 0 Å². The highest BCUT2D eigenvalue weighted by Gasteiger charge is 2.59. The largest absolute Gasteiger partial charge is 0.320 e. The molecule has 0 aromatic rings. The number of fused-ring (bicyclic) bond motifs is 5. The lowest BCUT2D eigenvalue weighted by molar-refractivity contribution is -0.0346. The Kier molecular flexibility index (Phi) is 12.2. The Morgan fingerprint density at radius 2 is 1.76 bits per heavy atom. The summed E-state index contributed by atoms with van der Waals surface area (Å²) in [7, 11) is 1.96. The molecule has 0 aromatic carbocycles. The molecule has 34 heavy (non-hydrogen) atoms. The normalized spacial score (nSPS) is 38.1. The van der Waals surface area contributed by atoms with E-state index in [0.717, 1.165) is 42.1 Å². The van der Waals surface area contributed by atoms with Crippen LogP contribution in [-0.2, 0) is 0 Å². The third-order valence-electron chi connectivity index (χ3n) is 10.7. The van der Waals surface area contributed by atoms with Crippen molar-refractivity contribution in [3.8, 4) is 0 Å². The molecule has 3 saturated carbocycles. The van der Waals surface area contributed by atoms with Gasteiger partial charge < -0.3 is 5.32 Å². The first-order chi connectivity index (χ1) is 16.3. The molecule has 0 spiro atoms. The molecule has 0 bridgehead atoms. The quantitative estimate of drug-likeness (QED) is 0.273. The molecular formula is C33H63N. The maximum absolute atomic E-state index is 3.02. The SMILES string of the molecule is CC.CCC1CC2=CCC3C(CCC4(C)C(CCCCC(C)C)CCC34)C2(C)C1.CCCNC. The summed E-state index contributed by atoms with van der Waals surface area (Å²) in [5.41, 5.74) is 3.12. The van der Waals surface area contributed by atoms with Gasteiger partial charge in [-0.25, -0.2) is 0 Å². The van der Waals surface area contributed by atoms with Crippen LogP contribution in [0.15, 0.2) is 11.6 Å². The first-order valence-electron chi connectivity index (χ1n) is 15.6. The van der Waals surface area contributed by atoms with Gasteiger partial charge >= 0.3 is 0 Å². The minimum Gasteiger partial charge on any atom is -0.320 e. The van der Waals surface area contributed by atoms with Crippen LogP contribution in [0.4, 0.5) is 0 Å². The smallest absolute Gasteiger partial charge is 0.00546 e. The van der Waals surface area contributed by atoms with E-state index in [4.69, 9.17) is 0 Å². The third-order valence-corrected chi connectivity index (χ3v) is 10.7. The summed E-state index contributed by atoms with van der Waals surface area (Å²) in [4.78, 5) is 0. The van der Waals surface area contributed by atoms with E-state index >= 15 is 0 Å². The molecule has 7 atom stereocenters. The molecule has 4 rings (SSSR count). The van der Waals surface area contributed by atoms with Crippen LogP contribution in [0.1, 0.15) is 139 Å². The van der Waals surface area contributed by atoms with Crippen LogP contribution >= 0.6 is 0 Å². The Bertz CT molecular complexity index is 604. The van der Waals surface area contributed by atoms with Gasteiger partial charge in [0.2, 0.25) is 0 Å². The molecule has 4 aliphatic rings. The van der Waals surface area contributed by atoms with Crippen LogP contribution in [-0.4, -0.2) is 13.6 Å². The van der Waals surface area contributed by atoms with E-state index in [1.165, 1.54) is 77.0 Å². The highest BCUT2D eigenvalue weighted by atomic mass is 14.8. The van der Waals surface area contributed by atoms with E-state index in [-0.39, 0.29) is 0 Å². The molecule has 4 aliphatic carbocycles. The molecule has 0 heterocycles. The van der Waals surface area contributed by atoms with Crippen LogP contribution in [0.5, 0.6) is 0 Å². The number of unbranched alkanes of at least 4 members (excludes halogenated alkanes) is 1. The standard InChI is InChI=1S/C27H46.C4H11N.C2H6/c1-6-20-17-22-11-13-23-24-14-12-21(10-8-7-9-19(2)3)26(24,4)16-15-25(23)27(22,5)18-20;1-3-4-5-2;1-2/h11,19-21,23-25H,6-10,12-18H2,1-5H3;5H,3-4H2,1-2H3;1-2H3. The van der Waals surface area contributed by atoms with E-state index < -0.39 is 0 Å². The van der Waals surface area contributed by atoms with E-state index in [1.54, 1.807) is 6.42 Å². The second kappa shape index (κ2) is 13.9. The summed E-state index contributed by atoms with van der Waals surface area (Å²) in [6, 6.07) is 0. The second-order valence-electron chi connectivity index (χ2n) is 13.0. The molecule has 0 aromatic heterocycles. The van der Waals surface area contributed by atoms with E-state index in [1.807, 2.05) is 26.5 Å². The molecule has 7 unspecified atom stereocenters. The van der Waals surface area contributed by atoms with Crippen molar-refractivity contribution < 1.29 is 0 Å². The van der Waals surface area contributed by atoms with Crippen LogP contribution in [0, 0.1) is 46.3 Å². The summed E-state index contributed by atoms with van der Waals surface area (Å²) >= 11 is 0. The predicted molar refractivity (Wildman–Crippen MR) is 153 cm³/mol. The van der Waals surface area contributed by atoms with Gasteiger partial charge in [-0.05, 0) is 118 Å². The third kappa shape index (κ3) is 6.52. The summed E-state index contributed by atoms with van der Waals surface area (Å²) in [6.45, 7) is 19.9. The molecular weight excluding hydrogens is 410 g/mol. The first-order valence-corrected chi connectivity index (χ1v) is 15.6. The molecule has 3 fully saturated rings. The summed E-state index contributed by atoms with van der Waals surface area (Å²) in [5.74, 6) is 5.93. The van der Waals surface area contributed by atoms with E-state index in [9.17, 15) is 0 Å². The fourth-order valence-corrected chi connectivity index (χ4v) is 8.80. The average Bonchev–Trinajstić information content (AvgIpc) is 3.35. The van der Waals surface area contributed by atoms with Crippen molar-refractivity contribution in [3.63, 3.8) is 0 Å². The summed E-state index contributed by atoms with van der Waals surface area (Å²) < 4.78 is 0. The van der Waals surface area contributed by atoms with Crippen molar-refractivity contribution in [2.45, 2.75) is 139 Å². The van der Waals surface area contributed by atoms with Gasteiger partial charge in [-0.15, -0.1) is 0 Å². The Morgan fingerprint density at radius 1 is 1.03 bits per heavy atom. The fraction of sp³-hybridized carbons (Fsp3) is 0.939. The molecule has 0 aliphatic heterocycles. The Labute approximate surface area is 215 Å². The monoisotopic (exact) mass is 473 g/mol. The van der Waals surface area contributed by atoms with Crippen molar-refractivity contribution in [1.29, 1.82) is 0 Å². The maximum atomic E-state index is 3.02. The summed E-state index contributed by atoms with van der Waals surface area (Å²) in [6.07, 6.45) is 21.8. The van der Waals surface area contributed by atoms with Gasteiger partial charge in [0.25, 0.3) is 0 Å². The zero-order valence-electron chi connectivity index (χ0n) is 24.9. The van der Waals surface area contributed by atoms with Crippen molar-refractivity contribution >= 4 is 0 Å². The van der Waals surface area contributed by atoms with E-state index in [2.05, 4.69) is 52.9 Å². The van der Waals surface area contributed by atoms with Crippen LogP contribution < -0.4 is 5.32 Å². The highest BCUT2D eigenvalue weighted by molar-refractivity contribution is 5.27. The van der Waals surface area contributed by atoms with Gasteiger partial charge in [-0.3, -0.25) is 0 Å². The molecule has 0 saturated heterocycles. The average molecular weight is 474 g/mol. The zero-order valence-corrected chi connectivity index (χ0v) is 24.9. The van der Waals surface area contributed by atoms with Crippen LogP contribution in [0.3, 0.4) is 0 Å². The van der Waals surface area contributed by atoms with Crippen molar-refractivity contribution in [3.05, 3.63) is 11.6 Å². The molecule has 1 heteroatoms. The number of allylic oxidation sites excluding steroid dienone is 2. The zero-order chi connectivity index (χ0) is 25.4. The molecule has 1 N–H and O–H groups in total. The molecule has 200 valence electrons. The summed E-state index contributed by atoms with van der Waals surface area (Å²) in [5, 5.41) is 3.02.